The van der Waals surface area contributed by atoms with E-state index in [4.69, 9.17) is 0 Å². The summed E-state index contributed by atoms with van der Waals surface area (Å²) in [6.45, 7) is 1.15. The maximum Gasteiger partial charge on any atom is 0.350 e. The molecule has 0 aromatic carbocycles. The molecule has 3 rings (SSSR count). The smallest absolute Gasteiger partial charge is 0.271 e. The van der Waals surface area contributed by atoms with Crippen LogP contribution in [-0.4, -0.2) is 24.0 Å². The van der Waals surface area contributed by atoms with E-state index in [1.807, 2.05) is 30.5 Å². The summed E-state index contributed by atoms with van der Waals surface area (Å²) in [6.07, 6.45) is 5.29. The topological polar surface area (TPSA) is 57.1 Å². The Hall–Kier alpha value is -2.37. The van der Waals surface area contributed by atoms with Gasteiger partial charge in [0.1, 0.15) is 0 Å². The van der Waals surface area contributed by atoms with Gasteiger partial charge in [-0.1, -0.05) is 6.07 Å². The quantitative estimate of drug-likeness (QED) is 0.653. The van der Waals surface area contributed by atoms with Crippen LogP contribution in [0.1, 0.15) is 0 Å². The predicted molar refractivity (Wildman–Crippen MR) is 61.7 cm³/mol. The van der Waals surface area contributed by atoms with Crippen molar-refractivity contribution in [3.63, 3.8) is 0 Å². The molecule has 0 N–H and O–H groups in total. The molecular weight excluding hydrogens is 218 g/mol. The largest absolute Gasteiger partial charge is 0.350 e. The Balaban J connectivity index is 1.90. The average molecular weight is 229 g/mol. The summed E-state index contributed by atoms with van der Waals surface area (Å²) in [4.78, 5) is 11.9. The molecule has 3 aromatic rings. The zero-order valence-corrected chi connectivity index (χ0v) is 9.10. The highest BCUT2D eigenvalue weighted by atomic mass is 16.2. The fourth-order valence-corrected chi connectivity index (χ4v) is 1.74. The molecule has 0 amide bonds. The van der Waals surface area contributed by atoms with Crippen molar-refractivity contribution in [3.8, 4) is 0 Å². The van der Waals surface area contributed by atoms with E-state index < -0.39 is 0 Å². The molecule has 3 heterocycles. The van der Waals surface area contributed by atoms with Gasteiger partial charge in [-0.3, -0.25) is 9.08 Å². The van der Waals surface area contributed by atoms with Gasteiger partial charge < -0.3 is 0 Å². The highest BCUT2D eigenvalue weighted by Gasteiger charge is 2.05. The number of pyridine rings is 1. The van der Waals surface area contributed by atoms with Crippen molar-refractivity contribution in [2.75, 3.05) is 0 Å². The minimum atomic E-state index is -0.118. The van der Waals surface area contributed by atoms with E-state index in [9.17, 15) is 4.79 Å². The summed E-state index contributed by atoms with van der Waals surface area (Å²) < 4.78 is 4.76. The van der Waals surface area contributed by atoms with Crippen LogP contribution >= 0.6 is 0 Å². The van der Waals surface area contributed by atoms with Gasteiger partial charge in [0.25, 0.3) is 0 Å². The second kappa shape index (κ2) is 3.89. The van der Waals surface area contributed by atoms with Gasteiger partial charge in [-0.2, -0.15) is 5.10 Å². The average Bonchev–Trinajstić information content (AvgIpc) is 2.96. The van der Waals surface area contributed by atoms with Crippen LogP contribution in [0.15, 0.2) is 47.7 Å². The molecule has 17 heavy (non-hydrogen) atoms. The number of aryl methyl sites for hydroxylation is 2. The zero-order chi connectivity index (χ0) is 11.7. The summed E-state index contributed by atoms with van der Waals surface area (Å²) >= 11 is 0. The van der Waals surface area contributed by atoms with Crippen molar-refractivity contribution in [1.29, 1.82) is 0 Å². The summed E-state index contributed by atoms with van der Waals surface area (Å²) in [7, 11) is 0. The van der Waals surface area contributed by atoms with E-state index in [-0.39, 0.29) is 5.69 Å². The van der Waals surface area contributed by atoms with Gasteiger partial charge in [0, 0.05) is 18.6 Å². The lowest BCUT2D eigenvalue weighted by atomic mass is 10.5. The van der Waals surface area contributed by atoms with Crippen molar-refractivity contribution in [1.82, 2.24) is 24.0 Å². The Morgan fingerprint density at radius 1 is 1.12 bits per heavy atom. The Morgan fingerprint density at radius 3 is 2.82 bits per heavy atom. The van der Waals surface area contributed by atoms with E-state index in [0.29, 0.717) is 18.7 Å². The number of hydrogen-bond acceptors (Lipinski definition) is 3. The first-order chi connectivity index (χ1) is 8.34. The van der Waals surface area contributed by atoms with Gasteiger partial charge in [0.15, 0.2) is 5.65 Å². The Morgan fingerprint density at radius 2 is 2.06 bits per heavy atom. The van der Waals surface area contributed by atoms with Crippen LogP contribution in [0.2, 0.25) is 0 Å². The first-order valence-electron chi connectivity index (χ1n) is 5.36. The molecule has 0 radical (unpaired) electrons. The molecule has 0 aliphatic heterocycles. The normalized spacial score (nSPS) is 11.1. The van der Waals surface area contributed by atoms with E-state index in [1.165, 1.54) is 9.08 Å². The molecule has 0 bridgehead atoms. The monoisotopic (exact) mass is 229 g/mol. The van der Waals surface area contributed by atoms with Crippen LogP contribution < -0.4 is 5.69 Å². The van der Waals surface area contributed by atoms with Gasteiger partial charge in [0.2, 0.25) is 0 Å². The zero-order valence-electron chi connectivity index (χ0n) is 9.10. The Labute approximate surface area is 96.7 Å². The van der Waals surface area contributed by atoms with Gasteiger partial charge in [-0.25, -0.2) is 9.48 Å². The molecule has 0 unspecified atom stereocenters. The number of hydrogen-bond donors (Lipinski definition) is 0. The van der Waals surface area contributed by atoms with Gasteiger partial charge in [0.05, 0.1) is 13.1 Å². The number of rotatable bonds is 3. The second-order valence-corrected chi connectivity index (χ2v) is 3.70. The molecule has 0 atom stereocenters. The maximum atomic E-state index is 11.9. The van der Waals surface area contributed by atoms with Crippen molar-refractivity contribution in [3.05, 3.63) is 53.3 Å². The van der Waals surface area contributed by atoms with Crippen LogP contribution in [0.3, 0.4) is 0 Å². The lowest BCUT2D eigenvalue weighted by molar-refractivity contribution is 0.489. The van der Waals surface area contributed by atoms with Gasteiger partial charge in [-0.05, 0) is 18.2 Å². The molecule has 0 saturated carbocycles. The van der Waals surface area contributed by atoms with E-state index in [1.54, 1.807) is 17.1 Å². The molecule has 0 aliphatic rings. The minimum absolute atomic E-state index is 0.118. The predicted octanol–water partition coefficient (Wildman–Crippen LogP) is 0.393. The SMILES string of the molecule is O=c1n(CCn2cccn2)nc2ccccn12. The summed E-state index contributed by atoms with van der Waals surface area (Å²) in [5.74, 6) is 0. The van der Waals surface area contributed by atoms with Crippen molar-refractivity contribution < 1.29 is 0 Å². The number of aromatic nitrogens is 5. The third kappa shape index (κ3) is 1.73. The first kappa shape index (κ1) is 9.83. The lowest BCUT2D eigenvalue weighted by Crippen LogP contribution is -2.23. The van der Waals surface area contributed by atoms with Crippen LogP contribution in [0.5, 0.6) is 0 Å². The van der Waals surface area contributed by atoms with Crippen LogP contribution in [0, 0.1) is 0 Å². The van der Waals surface area contributed by atoms with E-state index in [0.717, 1.165) is 0 Å². The van der Waals surface area contributed by atoms with Crippen molar-refractivity contribution in [2.24, 2.45) is 0 Å². The minimum Gasteiger partial charge on any atom is -0.271 e. The van der Waals surface area contributed by atoms with Crippen molar-refractivity contribution in [2.45, 2.75) is 13.1 Å². The fourth-order valence-electron chi connectivity index (χ4n) is 1.74. The lowest BCUT2D eigenvalue weighted by Gasteiger charge is -1.99. The van der Waals surface area contributed by atoms with Crippen LogP contribution in [0.25, 0.3) is 5.65 Å². The van der Waals surface area contributed by atoms with E-state index in [2.05, 4.69) is 10.2 Å². The fraction of sp³-hybridized carbons (Fsp3) is 0.182. The van der Waals surface area contributed by atoms with Crippen LogP contribution in [-0.2, 0) is 13.1 Å². The molecule has 6 nitrogen and oxygen atoms in total. The summed E-state index contributed by atoms with van der Waals surface area (Å²) in [6, 6.07) is 7.34. The van der Waals surface area contributed by atoms with Crippen molar-refractivity contribution >= 4 is 5.65 Å². The number of fused-ring (bicyclic) bond motifs is 1. The molecule has 0 fully saturated rings. The molecule has 0 saturated heterocycles. The molecule has 0 aliphatic carbocycles. The molecule has 6 heteroatoms. The first-order valence-corrected chi connectivity index (χ1v) is 5.36. The second-order valence-electron chi connectivity index (χ2n) is 3.70. The Kier molecular flexibility index (Phi) is 2.25. The number of nitrogens with zero attached hydrogens (tertiary/aromatic N) is 5. The van der Waals surface area contributed by atoms with Gasteiger partial charge in [-0.15, -0.1) is 5.10 Å². The van der Waals surface area contributed by atoms with Gasteiger partial charge >= 0.3 is 5.69 Å². The standard InChI is InChI=1S/C11H11N5O/c17-11-15-7-2-1-4-10(15)13-16(11)9-8-14-6-3-5-12-14/h1-7H,8-9H2. The van der Waals surface area contributed by atoms with Crippen LogP contribution in [0.4, 0.5) is 0 Å². The molecule has 0 spiro atoms. The highest BCUT2D eigenvalue weighted by Crippen LogP contribution is 1.95. The highest BCUT2D eigenvalue weighted by molar-refractivity contribution is 5.35. The molecule has 86 valence electrons. The third-order valence-corrected chi connectivity index (χ3v) is 2.59. The summed E-state index contributed by atoms with van der Waals surface area (Å²) in [5.41, 5.74) is 0.547. The molecule has 3 aromatic heterocycles. The van der Waals surface area contributed by atoms with E-state index >= 15 is 0 Å². The maximum absolute atomic E-state index is 11.9. The molecular formula is C11H11N5O. The Bertz CT molecular complexity index is 679. The summed E-state index contributed by atoms with van der Waals surface area (Å²) in [5, 5.41) is 8.32. The third-order valence-electron chi connectivity index (χ3n) is 2.59.